The van der Waals surface area contributed by atoms with Crippen LogP contribution in [0.2, 0.25) is 0 Å². The highest BCUT2D eigenvalue weighted by Gasteiger charge is 2.22. The van der Waals surface area contributed by atoms with Gasteiger partial charge in [-0.2, -0.15) is 5.26 Å². The SMILES string of the molecule is COc1ccc(CN(CCC(=O)O)C(C)(C)C)cc1C#N. The zero-order chi connectivity index (χ0) is 16.0. The van der Waals surface area contributed by atoms with Gasteiger partial charge in [0, 0.05) is 18.6 Å². The largest absolute Gasteiger partial charge is 0.495 e. The van der Waals surface area contributed by atoms with Crippen LogP contribution in [0.1, 0.15) is 38.3 Å². The number of aliphatic carboxylic acids is 1. The number of nitriles is 1. The summed E-state index contributed by atoms with van der Waals surface area (Å²) in [5.74, 6) is -0.259. The van der Waals surface area contributed by atoms with E-state index in [4.69, 9.17) is 15.1 Å². The van der Waals surface area contributed by atoms with Crippen LogP contribution in [0.5, 0.6) is 5.75 Å². The zero-order valence-electron chi connectivity index (χ0n) is 13.0. The summed E-state index contributed by atoms with van der Waals surface area (Å²) >= 11 is 0. The van der Waals surface area contributed by atoms with Crippen LogP contribution in [-0.2, 0) is 11.3 Å². The quantitative estimate of drug-likeness (QED) is 0.872. The molecule has 0 bridgehead atoms. The van der Waals surface area contributed by atoms with Gasteiger partial charge in [0.25, 0.3) is 0 Å². The van der Waals surface area contributed by atoms with Crippen LogP contribution in [-0.4, -0.2) is 35.2 Å². The second-order valence-corrected chi connectivity index (χ2v) is 5.88. The third kappa shape index (κ3) is 5.09. The van der Waals surface area contributed by atoms with Gasteiger partial charge in [-0.05, 0) is 38.5 Å². The Labute approximate surface area is 125 Å². The number of ether oxygens (including phenoxy) is 1. The van der Waals surface area contributed by atoms with Crippen molar-refractivity contribution in [3.63, 3.8) is 0 Å². The number of carbonyl (C=O) groups is 1. The highest BCUT2D eigenvalue weighted by molar-refractivity contribution is 5.66. The fourth-order valence-electron chi connectivity index (χ4n) is 2.04. The van der Waals surface area contributed by atoms with E-state index in [9.17, 15) is 4.79 Å². The first-order valence-electron chi connectivity index (χ1n) is 6.81. The third-order valence-corrected chi connectivity index (χ3v) is 3.30. The molecule has 0 aliphatic heterocycles. The fraction of sp³-hybridized carbons (Fsp3) is 0.500. The predicted molar refractivity (Wildman–Crippen MR) is 80.1 cm³/mol. The van der Waals surface area contributed by atoms with E-state index in [-0.39, 0.29) is 12.0 Å². The summed E-state index contributed by atoms with van der Waals surface area (Å²) in [5.41, 5.74) is 1.30. The standard InChI is InChI=1S/C16H22N2O3/c1-16(2,3)18(8-7-15(19)20)11-12-5-6-14(21-4)13(9-12)10-17/h5-6,9H,7-8,11H2,1-4H3,(H,19,20). The minimum atomic E-state index is -0.809. The van der Waals surface area contributed by atoms with E-state index in [0.717, 1.165) is 5.56 Å². The number of nitrogens with zero attached hydrogens (tertiary/aromatic N) is 2. The van der Waals surface area contributed by atoms with Gasteiger partial charge in [-0.3, -0.25) is 9.69 Å². The second kappa shape index (κ2) is 7.09. The van der Waals surface area contributed by atoms with E-state index in [1.165, 1.54) is 7.11 Å². The van der Waals surface area contributed by atoms with Gasteiger partial charge in [-0.15, -0.1) is 0 Å². The van der Waals surface area contributed by atoms with Gasteiger partial charge in [0.05, 0.1) is 19.1 Å². The number of carboxylic acids is 1. The molecule has 114 valence electrons. The Morgan fingerprint density at radius 2 is 2.10 bits per heavy atom. The molecule has 0 spiro atoms. The number of hydrogen-bond donors (Lipinski definition) is 1. The Hall–Kier alpha value is -2.06. The Bertz CT molecular complexity index is 541. The normalized spacial score (nSPS) is 11.2. The number of carboxylic acid groups (broad SMARTS) is 1. The minimum absolute atomic E-state index is 0.0958. The van der Waals surface area contributed by atoms with Crippen LogP contribution in [0.25, 0.3) is 0 Å². The zero-order valence-corrected chi connectivity index (χ0v) is 13.0. The van der Waals surface area contributed by atoms with E-state index >= 15 is 0 Å². The Morgan fingerprint density at radius 3 is 2.57 bits per heavy atom. The number of benzene rings is 1. The van der Waals surface area contributed by atoms with E-state index in [2.05, 4.69) is 11.0 Å². The van der Waals surface area contributed by atoms with Crippen molar-refractivity contribution in [2.45, 2.75) is 39.3 Å². The van der Waals surface area contributed by atoms with Crippen LogP contribution in [0.3, 0.4) is 0 Å². The third-order valence-electron chi connectivity index (χ3n) is 3.30. The van der Waals surface area contributed by atoms with Gasteiger partial charge in [-0.25, -0.2) is 0 Å². The molecule has 0 fully saturated rings. The van der Waals surface area contributed by atoms with Crippen molar-refractivity contribution in [1.29, 1.82) is 5.26 Å². The smallest absolute Gasteiger partial charge is 0.304 e. The first kappa shape index (κ1) is 17.0. The van der Waals surface area contributed by atoms with Gasteiger partial charge >= 0.3 is 5.97 Å². The first-order chi connectivity index (χ1) is 9.77. The maximum Gasteiger partial charge on any atom is 0.304 e. The molecule has 21 heavy (non-hydrogen) atoms. The highest BCUT2D eigenvalue weighted by Crippen LogP contribution is 2.22. The summed E-state index contributed by atoms with van der Waals surface area (Å²) in [6, 6.07) is 7.57. The number of methoxy groups -OCH3 is 1. The van der Waals surface area contributed by atoms with E-state index < -0.39 is 5.97 Å². The summed E-state index contributed by atoms with van der Waals surface area (Å²) in [6.45, 7) is 7.19. The van der Waals surface area contributed by atoms with Crippen LogP contribution in [0, 0.1) is 11.3 Å². The molecule has 0 unspecified atom stereocenters. The molecule has 0 aliphatic carbocycles. The van der Waals surface area contributed by atoms with Gasteiger partial charge in [0.15, 0.2) is 0 Å². The lowest BCUT2D eigenvalue weighted by Gasteiger charge is -2.35. The lowest BCUT2D eigenvalue weighted by atomic mass is 10.0. The molecule has 1 rings (SSSR count). The fourth-order valence-corrected chi connectivity index (χ4v) is 2.04. The Balaban J connectivity index is 2.93. The second-order valence-electron chi connectivity index (χ2n) is 5.88. The summed E-state index contributed by atoms with van der Waals surface area (Å²) in [5, 5.41) is 18.0. The summed E-state index contributed by atoms with van der Waals surface area (Å²) in [7, 11) is 1.53. The highest BCUT2D eigenvalue weighted by atomic mass is 16.5. The molecule has 0 radical (unpaired) electrons. The average Bonchev–Trinajstić information content (AvgIpc) is 2.41. The topological polar surface area (TPSA) is 73.6 Å². The molecule has 0 amide bonds. The van der Waals surface area contributed by atoms with E-state index in [0.29, 0.717) is 24.4 Å². The molecule has 1 aromatic rings. The van der Waals surface area contributed by atoms with Crippen LogP contribution < -0.4 is 4.74 Å². The van der Waals surface area contributed by atoms with Crippen molar-refractivity contribution >= 4 is 5.97 Å². The van der Waals surface area contributed by atoms with Crippen molar-refractivity contribution in [3.05, 3.63) is 29.3 Å². The lowest BCUT2D eigenvalue weighted by molar-refractivity contribution is -0.137. The van der Waals surface area contributed by atoms with Gasteiger partial charge < -0.3 is 9.84 Å². The van der Waals surface area contributed by atoms with Crippen LogP contribution >= 0.6 is 0 Å². The number of rotatable bonds is 6. The van der Waals surface area contributed by atoms with Gasteiger partial charge in [-0.1, -0.05) is 6.07 Å². The van der Waals surface area contributed by atoms with Crippen molar-refractivity contribution < 1.29 is 14.6 Å². The molecule has 0 aromatic heterocycles. The maximum atomic E-state index is 10.8. The average molecular weight is 290 g/mol. The van der Waals surface area contributed by atoms with Crippen molar-refractivity contribution in [1.82, 2.24) is 4.90 Å². The van der Waals surface area contributed by atoms with Crippen LogP contribution in [0.15, 0.2) is 18.2 Å². The molecule has 5 nitrogen and oxygen atoms in total. The molecular weight excluding hydrogens is 268 g/mol. The van der Waals surface area contributed by atoms with Gasteiger partial charge in [0.1, 0.15) is 11.8 Å². The summed E-state index contributed by atoms with van der Waals surface area (Å²) in [6.07, 6.45) is 0.0958. The lowest BCUT2D eigenvalue weighted by Crippen LogP contribution is -2.42. The molecule has 0 atom stereocenters. The van der Waals surface area contributed by atoms with E-state index in [1.54, 1.807) is 12.1 Å². The van der Waals surface area contributed by atoms with Crippen LogP contribution in [0.4, 0.5) is 0 Å². The number of hydrogen-bond acceptors (Lipinski definition) is 4. The monoisotopic (exact) mass is 290 g/mol. The Morgan fingerprint density at radius 1 is 1.43 bits per heavy atom. The first-order valence-corrected chi connectivity index (χ1v) is 6.81. The molecular formula is C16H22N2O3. The molecule has 0 heterocycles. The van der Waals surface area contributed by atoms with Gasteiger partial charge in [0.2, 0.25) is 0 Å². The maximum absolute atomic E-state index is 10.8. The van der Waals surface area contributed by atoms with Crippen molar-refractivity contribution in [2.75, 3.05) is 13.7 Å². The summed E-state index contributed by atoms with van der Waals surface area (Å²) < 4.78 is 5.13. The van der Waals surface area contributed by atoms with E-state index in [1.807, 2.05) is 26.8 Å². The molecule has 1 aromatic carbocycles. The van der Waals surface area contributed by atoms with Crippen molar-refractivity contribution in [3.8, 4) is 11.8 Å². The molecule has 5 heteroatoms. The Kier molecular flexibility index (Phi) is 5.74. The minimum Gasteiger partial charge on any atom is -0.495 e. The predicted octanol–water partition coefficient (Wildman–Crippen LogP) is 2.64. The summed E-state index contributed by atoms with van der Waals surface area (Å²) in [4.78, 5) is 12.9. The molecule has 1 N–H and O–H groups in total. The van der Waals surface area contributed by atoms with Crippen molar-refractivity contribution in [2.24, 2.45) is 0 Å². The molecule has 0 saturated carbocycles. The molecule has 0 saturated heterocycles. The molecule has 0 aliphatic rings.